The van der Waals surface area contributed by atoms with Crippen LogP contribution in [0.25, 0.3) is 22.2 Å². The van der Waals surface area contributed by atoms with Crippen molar-refractivity contribution in [3.05, 3.63) is 65.5 Å². The van der Waals surface area contributed by atoms with Crippen LogP contribution in [0.5, 0.6) is 0 Å². The number of hydrogen-bond acceptors (Lipinski definition) is 7. The van der Waals surface area contributed by atoms with E-state index in [0.717, 1.165) is 35.4 Å². The van der Waals surface area contributed by atoms with Crippen LogP contribution in [-0.4, -0.2) is 47.3 Å². The van der Waals surface area contributed by atoms with Crippen LogP contribution in [0.2, 0.25) is 0 Å². The van der Waals surface area contributed by atoms with Gasteiger partial charge in [0.05, 0.1) is 35.7 Å². The van der Waals surface area contributed by atoms with Crippen molar-refractivity contribution < 1.29 is 14.1 Å². The van der Waals surface area contributed by atoms with E-state index in [4.69, 9.17) is 9.26 Å². The van der Waals surface area contributed by atoms with E-state index in [0.29, 0.717) is 41.7 Å². The average molecular weight is 429 g/mol. The molecule has 1 fully saturated rings. The number of aromatic nitrogens is 3. The third kappa shape index (κ3) is 3.80. The SMILES string of the molecule is Cc1nc(N2CCOCC2)nc(C)c1NC(=O)c1ccc2noc(-c3ccccc3)c2c1. The number of fused-ring (bicyclic) bond motifs is 1. The number of rotatable bonds is 4. The van der Waals surface area contributed by atoms with Gasteiger partial charge in [-0.25, -0.2) is 9.97 Å². The molecule has 0 radical (unpaired) electrons. The van der Waals surface area contributed by atoms with Crippen LogP contribution in [0.1, 0.15) is 21.7 Å². The van der Waals surface area contributed by atoms with Crippen molar-refractivity contribution in [2.45, 2.75) is 13.8 Å². The van der Waals surface area contributed by atoms with E-state index in [1.807, 2.05) is 44.2 Å². The van der Waals surface area contributed by atoms with Gasteiger partial charge in [-0.05, 0) is 32.0 Å². The number of benzene rings is 2. The minimum Gasteiger partial charge on any atom is -0.378 e. The van der Waals surface area contributed by atoms with Crippen molar-refractivity contribution in [2.75, 3.05) is 36.5 Å². The summed E-state index contributed by atoms with van der Waals surface area (Å²) in [7, 11) is 0. The van der Waals surface area contributed by atoms with Crippen LogP contribution in [-0.2, 0) is 4.74 Å². The fourth-order valence-electron chi connectivity index (χ4n) is 3.85. The van der Waals surface area contributed by atoms with Gasteiger partial charge in [-0.2, -0.15) is 0 Å². The molecule has 1 saturated heterocycles. The van der Waals surface area contributed by atoms with Crippen molar-refractivity contribution in [1.82, 2.24) is 15.1 Å². The molecule has 162 valence electrons. The van der Waals surface area contributed by atoms with Gasteiger partial charge in [0.2, 0.25) is 5.95 Å². The molecule has 0 aliphatic carbocycles. The first-order chi connectivity index (χ1) is 15.6. The third-order valence-corrected chi connectivity index (χ3v) is 5.57. The van der Waals surface area contributed by atoms with Gasteiger partial charge < -0.3 is 19.5 Å². The zero-order valence-corrected chi connectivity index (χ0v) is 18.0. The summed E-state index contributed by atoms with van der Waals surface area (Å²) in [5.41, 5.74) is 4.19. The third-order valence-electron chi connectivity index (χ3n) is 5.57. The molecular weight excluding hydrogens is 406 g/mol. The molecule has 5 rings (SSSR count). The maximum absolute atomic E-state index is 13.1. The molecule has 1 aliphatic heterocycles. The Morgan fingerprint density at radius 1 is 1.00 bits per heavy atom. The van der Waals surface area contributed by atoms with Crippen molar-refractivity contribution in [3.8, 4) is 11.3 Å². The maximum atomic E-state index is 13.1. The molecule has 32 heavy (non-hydrogen) atoms. The first-order valence-corrected chi connectivity index (χ1v) is 10.5. The number of ether oxygens (including phenoxy) is 1. The highest BCUT2D eigenvalue weighted by Gasteiger charge is 2.19. The Labute approximate surface area is 185 Å². The Hall–Kier alpha value is -3.78. The van der Waals surface area contributed by atoms with Gasteiger partial charge in [0.1, 0.15) is 5.52 Å². The zero-order chi connectivity index (χ0) is 22.1. The highest BCUT2D eigenvalue weighted by atomic mass is 16.5. The standard InChI is InChI=1S/C24H23N5O3/c1-15-21(16(2)26-24(25-15)29-10-12-31-13-11-29)27-23(30)18-8-9-20-19(14-18)22(32-28-20)17-6-4-3-5-7-17/h3-9,14H,10-13H2,1-2H3,(H,27,30). The molecule has 8 heteroatoms. The molecule has 1 amide bonds. The summed E-state index contributed by atoms with van der Waals surface area (Å²) < 4.78 is 11.0. The Morgan fingerprint density at radius 2 is 1.72 bits per heavy atom. The molecule has 0 spiro atoms. The number of aryl methyl sites for hydroxylation is 2. The second-order valence-electron chi connectivity index (χ2n) is 7.73. The Balaban J connectivity index is 1.42. The largest absolute Gasteiger partial charge is 0.378 e. The number of nitrogens with one attached hydrogen (secondary N) is 1. The van der Waals surface area contributed by atoms with E-state index in [1.165, 1.54) is 0 Å². The second kappa shape index (κ2) is 8.39. The minimum atomic E-state index is -0.235. The van der Waals surface area contributed by atoms with Gasteiger partial charge >= 0.3 is 0 Å². The lowest BCUT2D eigenvalue weighted by Crippen LogP contribution is -2.37. The predicted molar refractivity (Wildman–Crippen MR) is 122 cm³/mol. The molecule has 0 atom stereocenters. The number of amides is 1. The van der Waals surface area contributed by atoms with Crippen molar-refractivity contribution in [1.29, 1.82) is 0 Å². The van der Waals surface area contributed by atoms with Crippen LogP contribution >= 0.6 is 0 Å². The van der Waals surface area contributed by atoms with Crippen LogP contribution in [0.15, 0.2) is 53.1 Å². The molecule has 1 N–H and O–H groups in total. The smallest absolute Gasteiger partial charge is 0.255 e. The normalized spacial score (nSPS) is 14.0. The van der Waals surface area contributed by atoms with Crippen LogP contribution in [0, 0.1) is 13.8 Å². The van der Waals surface area contributed by atoms with E-state index in [9.17, 15) is 4.79 Å². The quantitative estimate of drug-likeness (QED) is 0.524. The highest BCUT2D eigenvalue weighted by molar-refractivity contribution is 6.07. The molecule has 1 aliphatic rings. The minimum absolute atomic E-state index is 0.235. The molecule has 8 nitrogen and oxygen atoms in total. The summed E-state index contributed by atoms with van der Waals surface area (Å²) in [5.74, 6) is 1.07. The molecule has 3 heterocycles. The lowest BCUT2D eigenvalue weighted by molar-refractivity contribution is 0.102. The molecule has 2 aromatic heterocycles. The molecule has 0 saturated carbocycles. The van der Waals surface area contributed by atoms with Crippen molar-refractivity contribution in [2.24, 2.45) is 0 Å². The number of anilines is 2. The van der Waals surface area contributed by atoms with Gasteiger partial charge in [-0.3, -0.25) is 4.79 Å². The maximum Gasteiger partial charge on any atom is 0.255 e. The fourth-order valence-corrected chi connectivity index (χ4v) is 3.85. The van der Waals surface area contributed by atoms with Gasteiger partial charge in [-0.15, -0.1) is 0 Å². The predicted octanol–water partition coefficient (Wildman–Crippen LogP) is 3.99. The topological polar surface area (TPSA) is 93.4 Å². The first-order valence-electron chi connectivity index (χ1n) is 10.5. The lowest BCUT2D eigenvalue weighted by Gasteiger charge is -2.27. The zero-order valence-electron chi connectivity index (χ0n) is 18.0. The van der Waals surface area contributed by atoms with Gasteiger partial charge in [0.15, 0.2) is 5.76 Å². The summed E-state index contributed by atoms with van der Waals surface area (Å²) in [6.45, 7) is 6.60. The molecule has 0 bridgehead atoms. The number of hydrogen-bond donors (Lipinski definition) is 1. The van der Waals surface area contributed by atoms with Crippen molar-refractivity contribution in [3.63, 3.8) is 0 Å². The summed E-state index contributed by atoms with van der Waals surface area (Å²) in [4.78, 5) is 24.4. The number of carbonyl (C=O) groups excluding carboxylic acids is 1. The van der Waals surface area contributed by atoms with Crippen LogP contribution in [0.4, 0.5) is 11.6 Å². The van der Waals surface area contributed by atoms with Gasteiger partial charge in [-0.1, -0.05) is 35.5 Å². The summed E-state index contributed by atoms with van der Waals surface area (Å²) in [5, 5.41) is 7.89. The molecule has 0 unspecified atom stereocenters. The van der Waals surface area contributed by atoms with Crippen molar-refractivity contribution >= 4 is 28.4 Å². The molecule has 4 aromatic rings. The molecular formula is C24H23N5O3. The second-order valence-corrected chi connectivity index (χ2v) is 7.73. The number of carbonyl (C=O) groups is 1. The Morgan fingerprint density at radius 3 is 2.44 bits per heavy atom. The van der Waals surface area contributed by atoms with E-state index in [2.05, 4.69) is 25.3 Å². The van der Waals surface area contributed by atoms with E-state index in [1.54, 1.807) is 18.2 Å². The van der Waals surface area contributed by atoms with Crippen LogP contribution < -0.4 is 10.2 Å². The average Bonchev–Trinajstić information content (AvgIpc) is 3.25. The van der Waals surface area contributed by atoms with E-state index in [-0.39, 0.29) is 5.91 Å². The summed E-state index contributed by atoms with van der Waals surface area (Å²) in [6, 6.07) is 15.0. The highest BCUT2D eigenvalue weighted by Crippen LogP contribution is 2.30. The van der Waals surface area contributed by atoms with Gasteiger partial charge in [0.25, 0.3) is 5.91 Å². The Bertz CT molecular complexity index is 1260. The van der Waals surface area contributed by atoms with E-state index < -0.39 is 0 Å². The van der Waals surface area contributed by atoms with Crippen LogP contribution in [0.3, 0.4) is 0 Å². The number of nitrogens with zero attached hydrogens (tertiary/aromatic N) is 4. The fraction of sp³-hybridized carbons (Fsp3) is 0.250. The van der Waals surface area contributed by atoms with E-state index >= 15 is 0 Å². The lowest BCUT2D eigenvalue weighted by atomic mass is 10.1. The van der Waals surface area contributed by atoms with Gasteiger partial charge in [0, 0.05) is 24.2 Å². The number of morpholine rings is 1. The Kier molecular flexibility index (Phi) is 5.28. The summed E-state index contributed by atoms with van der Waals surface area (Å²) >= 11 is 0. The first kappa shape index (κ1) is 20.1. The monoisotopic (exact) mass is 429 g/mol. The molecule has 2 aromatic carbocycles. The summed E-state index contributed by atoms with van der Waals surface area (Å²) in [6.07, 6.45) is 0.